The van der Waals surface area contributed by atoms with E-state index in [1.807, 2.05) is 51.1 Å². The third-order valence-corrected chi connectivity index (χ3v) is 3.09. The fourth-order valence-corrected chi connectivity index (χ4v) is 1.61. The summed E-state index contributed by atoms with van der Waals surface area (Å²) in [6.45, 7) is 6.00. The van der Waals surface area contributed by atoms with E-state index in [1.165, 1.54) is 17.3 Å². The molecule has 0 atom stereocenters. The van der Waals surface area contributed by atoms with Crippen LogP contribution in [0.1, 0.15) is 31.1 Å². The highest BCUT2D eigenvalue weighted by molar-refractivity contribution is 8.17. The van der Waals surface area contributed by atoms with Gasteiger partial charge in [0.1, 0.15) is 0 Å². The van der Waals surface area contributed by atoms with Crippen LogP contribution in [0.2, 0.25) is 0 Å². The summed E-state index contributed by atoms with van der Waals surface area (Å²) >= 11 is 1.30. The van der Waals surface area contributed by atoms with Gasteiger partial charge in [-0.1, -0.05) is 47.7 Å². The van der Waals surface area contributed by atoms with Gasteiger partial charge in [-0.3, -0.25) is 4.79 Å². The van der Waals surface area contributed by atoms with Gasteiger partial charge in [0.2, 0.25) is 5.12 Å². The van der Waals surface area contributed by atoms with Crippen molar-refractivity contribution in [3.05, 3.63) is 46.4 Å². The van der Waals surface area contributed by atoms with Gasteiger partial charge >= 0.3 is 0 Å². The van der Waals surface area contributed by atoms with Crippen LogP contribution in [0.4, 0.5) is 0 Å². The Morgan fingerprint density at radius 3 is 2.14 bits per heavy atom. The molecule has 0 spiro atoms. The van der Waals surface area contributed by atoms with E-state index in [0.29, 0.717) is 0 Å². The summed E-state index contributed by atoms with van der Waals surface area (Å²) in [5.74, 6) is 0. The van der Waals surface area contributed by atoms with E-state index in [-0.39, 0.29) is 5.12 Å². The topological polar surface area (TPSA) is 17.1 Å². The smallest absolute Gasteiger partial charge is 0.223 e. The zero-order valence-electron chi connectivity index (χ0n) is 8.70. The minimum atomic E-state index is 0.115. The van der Waals surface area contributed by atoms with Gasteiger partial charge in [0.05, 0.1) is 0 Å². The van der Waals surface area contributed by atoms with Crippen molar-refractivity contribution >= 4 is 16.9 Å². The second-order valence-electron chi connectivity index (χ2n) is 3.31. The highest BCUT2D eigenvalue weighted by atomic mass is 32.2. The molecule has 1 nitrogen and oxygen atoms in total. The van der Waals surface area contributed by atoms with E-state index >= 15 is 0 Å². The van der Waals surface area contributed by atoms with Crippen molar-refractivity contribution in [2.45, 2.75) is 20.8 Å². The number of carbonyl (C=O) groups is 1. The van der Waals surface area contributed by atoms with Gasteiger partial charge in [0.25, 0.3) is 0 Å². The lowest BCUT2D eigenvalue weighted by molar-refractivity contribution is 0.108. The van der Waals surface area contributed by atoms with Crippen LogP contribution in [-0.4, -0.2) is 5.12 Å². The molecule has 0 aliphatic carbocycles. The molecule has 0 radical (unpaired) electrons. The Morgan fingerprint density at radius 2 is 1.64 bits per heavy atom. The van der Waals surface area contributed by atoms with Crippen molar-refractivity contribution in [2.24, 2.45) is 0 Å². The third kappa shape index (κ3) is 3.04. The van der Waals surface area contributed by atoms with Crippen LogP contribution in [0.5, 0.6) is 0 Å². The molecule has 1 aromatic carbocycles. The van der Waals surface area contributed by atoms with E-state index < -0.39 is 0 Å². The number of hydrogen-bond acceptors (Lipinski definition) is 2. The first kappa shape index (κ1) is 11.1. The number of allylic oxidation sites excluding steroid dienone is 2. The van der Waals surface area contributed by atoms with Gasteiger partial charge in [-0.2, -0.15) is 0 Å². The summed E-state index contributed by atoms with van der Waals surface area (Å²) in [6, 6.07) is 9.35. The number of rotatable bonds is 2. The first-order chi connectivity index (χ1) is 6.61. The van der Waals surface area contributed by atoms with Crippen LogP contribution in [0.3, 0.4) is 0 Å². The van der Waals surface area contributed by atoms with Crippen LogP contribution in [0, 0.1) is 0 Å². The molecule has 1 aromatic rings. The molecule has 0 saturated heterocycles. The second-order valence-corrected chi connectivity index (χ2v) is 4.50. The van der Waals surface area contributed by atoms with Gasteiger partial charge < -0.3 is 0 Å². The summed E-state index contributed by atoms with van der Waals surface area (Å²) in [6.07, 6.45) is 0. The summed E-state index contributed by atoms with van der Waals surface area (Å²) in [4.78, 5) is 12.8. The maximum Gasteiger partial charge on any atom is 0.223 e. The maximum absolute atomic E-state index is 11.7. The molecule has 0 amide bonds. The average molecular weight is 206 g/mol. The Bertz CT molecular complexity index is 348. The third-order valence-electron chi connectivity index (χ3n) is 1.96. The predicted octanol–water partition coefficient (Wildman–Crippen LogP) is 3.87. The molecule has 0 unspecified atom stereocenters. The van der Waals surface area contributed by atoms with Crippen molar-refractivity contribution in [3.63, 3.8) is 0 Å². The number of carbonyl (C=O) groups excluding carboxylic acids is 1. The van der Waals surface area contributed by atoms with Gasteiger partial charge in [0, 0.05) is 5.56 Å². The Hall–Kier alpha value is -1.02. The molecule has 0 bridgehead atoms. The first-order valence-corrected chi connectivity index (χ1v) is 5.34. The van der Waals surface area contributed by atoms with E-state index in [1.54, 1.807) is 0 Å². The zero-order valence-corrected chi connectivity index (χ0v) is 9.52. The van der Waals surface area contributed by atoms with Crippen LogP contribution in [0.25, 0.3) is 0 Å². The minimum absolute atomic E-state index is 0.115. The lowest BCUT2D eigenvalue weighted by Gasteiger charge is -2.02. The van der Waals surface area contributed by atoms with Gasteiger partial charge in [-0.05, 0) is 25.7 Å². The Labute approximate surface area is 89.2 Å². The molecular weight excluding hydrogens is 192 g/mol. The molecule has 0 N–H and O–H groups in total. The molecule has 0 fully saturated rings. The highest BCUT2D eigenvalue weighted by Crippen LogP contribution is 2.23. The number of thioether (sulfide) groups is 1. The van der Waals surface area contributed by atoms with Crippen molar-refractivity contribution in [1.82, 2.24) is 0 Å². The van der Waals surface area contributed by atoms with Crippen LogP contribution >= 0.6 is 11.8 Å². The van der Waals surface area contributed by atoms with Crippen LogP contribution < -0.4 is 0 Å². The monoisotopic (exact) mass is 206 g/mol. The molecule has 0 aliphatic heterocycles. The van der Waals surface area contributed by atoms with Gasteiger partial charge in [0.15, 0.2) is 0 Å². The summed E-state index contributed by atoms with van der Waals surface area (Å²) in [5.41, 5.74) is 1.96. The SMILES string of the molecule is CC(C)=C(C)SC(=O)c1ccccc1. The van der Waals surface area contributed by atoms with Crippen molar-refractivity contribution < 1.29 is 4.79 Å². The maximum atomic E-state index is 11.7. The fraction of sp³-hybridized carbons (Fsp3) is 0.250. The summed E-state index contributed by atoms with van der Waals surface area (Å²) < 4.78 is 0. The van der Waals surface area contributed by atoms with E-state index in [9.17, 15) is 4.79 Å². The Balaban J connectivity index is 2.75. The fourth-order valence-electron chi connectivity index (χ4n) is 0.874. The molecule has 0 heterocycles. The lowest BCUT2D eigenvalue weighted by Crippen LogP contribution is -1.92. The Kier molecular flexibility index (Phi) is 3.96. The largest absolute Gasteiger partial charge is 0.281 e. The summed E-state index contributed by atoms with van der Waals surface area (Å²) in [5, 5.41) is 0.115. The van der Waals surface area contributed by atoms with Crippen LogP contribution in [-0.2, 0) is 0 Å². The lowest BCUT2D eigenvalue weighted by atomic mass is 10.2. The number of benzene rings is 1. The normalized spacial score (nSPS) is 9.64. The molecule has 0 saturated carbocycles. The Morgan fingerprint density at radius 1 is 1.07 bits per heavy atom. The molecule has 2 heteroatoms. The minimum Gasteiger partial charge on any atom is -0.281 e. The van der Waals surface area contributed by atoms with E-state index in [4.69, 9.17) is 0 Å². The van der Waals surface area contributed by atoms with Gasteiger partial charge in [-0.15, -0.1) is 0 Å². The quantitative estimate of drug-likeness (QED) is 0.730. The van der Waals surface area contributed by atoms with E-state index in [2.05, 4.69) is 0 Å². The molecule has 0 aromatic heterocycles. The average Bonchev–Trinajstić information content (AvgIpc) is 2.19. The second kappa shape index (κ2) is 5.01. The number of hydrogen-bond donors (Lipinski definition) is 0. The van der Waals surface area contributed by atoms with Gasteiger partial charge in [-0.25, -0.2) is 0 Å². The standard InChI is InChI=1S/C12H14OS/c1-9(2)10(3)14-12(13)11-7-5-4-6-8-11/h4-8H,1-3H3. The molecule has 1 rings (SSSR count). The highest BCUT2D eigenvalue weighted by Gasteiger charge is 2.06. The van der Waals surface area contributed by atoms with Crippen LogP contribution in [0.15, 0.2) is 40.8 Å². The molecule has 0 aliphatic rings. The predicted molar refractivity (Wildman–Crippen MR) is 62.4 cm³/mol. The van der Waals surface area contributed by atoms with Crippen molar-refractivity contribution in [3.8, 4) is 0 Å². The van der Waals surface area contributed by atoms with E-state index in [0.717, 1.165) is 10.5 Å². The van der Waals surface area contributed by atoms with Crippen molar-refractivity contribution in [2.75, 3.05) is 0 Å². The zero-order chi connectivity index (χ0) is 10.6. The summed E-state index contributed by atoms with van der Waals surface area (Å²) in [7, 11) is 0. The molecular formula is C12H14OS. The molecule has 14 heavy (non-hydrogen) atoms. The first-order valence-electron chi connectivity index (χ1n) is 4.52. The molecule has 74 valence electrons. The van der Waals surface area contributed by atoms with Crippen molar-refractivity contribution in [1.29, 1.82) is 0 Å².